The Balaban J connectivity index is 1.67. The highest BCUT2D eigenvalue weighted by Crippen LogP contribution is 2.11. The van der Waals surface area contributed by atoms with Crippen LogP contribution in [0.2, 0.25) is 0 Å². The Bertz CT molecular complexity index is 1020. The summed E-state index contributed by atoms with van der Waals surface area (Å²) in [5.74, 6) is 1.24. The van der Waals surface area contributed by atoms with Gasteiger partial charge in [0.25, 0.3) is 0 Å². The first-order valence-electron chi connectivity index (χ1n) is 8.50. The third kappa shape index (κ3) is 4.79. The van der Waals surface area contributed by atoms with Gasteiger partial charge >= 0.3 is 0 Å². The largest absolute Gasteiger partial charge is 0.383 e. The first-order valence-corrected chi connectivity index (χ1v) is 9.98. The normalized spacial score (nSPS) is 11.8. The molecule has 3 rings (SSSR count). The zero-order valence-electron chi connectivity index (χ0n) is 15.2. The fourth-order valence-corrected chi connectivity index (χ4v) is 3.66. The van der Waals surface area contributed by atoms with Crippen molar-refractivity contribution in [3.05, 3.63) is 47.8 Å². The van der Waals surface area contributed by atoms with Gasteiger partial charge in [-0.2, -0.15) is 4.52 Å². The van der Waals surface area contributed by atoms with Crippen molar-refractivity contribution in [2.45, 2.75) is 18.2 Å². The summed E-state index contributed by atoms with van der Waals surface area (Å²) in [6.45, 7) is 3.24. The highest BCUT2D eigenvalue weighted by molar-refractivity contribution is 7.89. The molecule has 0 spiro atoms. The van der Waals surface area contributed by atoms with Crippen LogP contribution in [0.25, 0.3) is 5.65 Å². The van der Waals surface area contributed by atoms with Crippen LogP contribution in [0.3, 0.4) is 0 Å². The lowest BCUT2D eigenvalue weighted by Gasteiger charge is -2.07. The van der Waals surface area contributed by atoms with Crippen molar-refractivity contribution < 1.29 is 13.2 Å². The second-order valence-corrected chi connectivity index (χ2v) is 7.76. The number of nitrogens with zero attached hydrogens (tertiary/aromatic N) is 4. The van der Waals surface area contributed by atoms with Crippen molar-refractivity contribution >= 4 is 21.5 Å². The maximum absolute atomic E-state index is 12.4. The van der Waals surface area contributed by atoms with Gasteiger partial charge < -0.3 is 10.1 Å². The standard InChI is InChI=1S/C17H22N6O3S/c1-13-4-3-5-14(12-13)27(24,25)19-9-8-17-21-20-16-7-6-15(22-23(16)17)18-10-11-26-2/h3-7,12,19H,8-11H2,1-2H3,(H,18,22). The molecule has 9 nitrogen and oxygen atoms in total. The van der Waals surface area contributed by atoms with E-state index < -0.39 is 10.0 Å². The SMILES string of the molecule is COCCNc1ccc2nnc(CCNS(=O)(=O)c3cccc(C)c3)n2n1. The van der Waals surface area contributed by atoms with E-state index in [4.69, 9.17) is 4.74 Å². The second kappa shape index (κ2) is 8.42. The van der Waals surface area contributed by atoms with Crippen LogP contribution in [0.1, 0.15) is 11.4 Å². The molecule has 1 aromatic carbocycles. The molecule has 2 heterocycles. The Hall–Kier alpha value is -2.56. The van der Waals surface area contributed by atoms with Crippen LogP contribution in [0.5, 0.6) is 0 Å². The van der Waals surface area contributed by atoms with Crippen molar-refractivity contribution in [3.63, 3.8) is 0 Å². The van der Waals surface area contributed by atoms with Gasteiger partial charge in [-0.15, -0.1) is 15.3 Å². The number of ether oxygens (including phenoxy) is 1. The van der Waals surface area contributed by atoms with Gasteiger partial charge in [-0.05, 0) is 36.8 Å². The number of sulfonamides is 1. The molecule has 0 aliphatic carbocycles. The van der Waals surface area contributed by atoms with E-state index in [2.05, 4.69) is 25.3 Å². The number of benzene rings is 1. The van der Waals surface area contributed by atoms with E-state index in [1.807, 2.05) is 19.1 Å². The summed E-state index contributed by atoms with van der Waals surface area (Å²) in [6, 6.07) is 10.4. The summed E-state index contributed by atoms with van der Waals surface area (Å²) in [7, 11) is -1.93. The summed E-state index contributed by atoms with van der Waals surface area (Å²) in [4.78, 5) is 0.247. The minimum absolute atomic E-state index is 0.195. The third-order valence-electron chi connectivity index (χ3n) is 3.88. The maximum Gasteiger partial charge on any atom is 0.240 e. The van der Waals surface area contributed by atoms with Gasteiger partial charge in [-0.1, -0.05) is 12.1 Å². The lowest BCUT2D eigenvalue weighted by atomic mass is 10.2. The highest BCUT2D eigenvalue weighted by atomic mass is 32.2. The van der Waals surface area contributed by atoms with E-state index in [1.54, 1.807) is 35.9 Å². The van der Waals surface area contributed by atoms with Crippen molar-refractivity contribution in [1.82, 2.24) is 24.5 Å². The Labute approximate surface area is 157 Å². The molecule has 144 valence electrons. The monoisotopic (exact) mass is 390 g/mol. The number of aromatic nitrogens is 4. The molecule has 0 amide bonds. The third-order valence-corrected chi connectivity index (χ3v) is 5.34. The van der Waals surface area contributed by atoms with Crippen LogP contribution in [-0.4, -0.2) is 55.0 Å². The predicted octanol–water partition coefficient (Wildman–Crippen LogP) is 1.01. The molecule has 0 unspecified atom stereocenters. The minimum Gasteiger partial charge on any atom is -0.383 e. The zero-order valence-corrected chi connectivity index (χ0v) is 16.0. The molecule has 0 radical (unpaired) electrons. The number of aryl methyl sites for hydroxylation is 1. The van der Waals surface area contributed by atoms with E-state index in [1.165, 1.54) is 0 Å². The number of hydrogen-bond acceptors (Lipinski definition) is 7. The number of anilines is 1. The van der Waals surface area contributed by atoms with Crippen molar-refractivity contribution in [1.29, 1.82) is 0 Å². The van der Waals surface area contributed by atoms with Crippen LogP contribution >= 0.6 is 0 Å². The summed E-state index contributed by atoms with van der Waals surface area (Å²) < 4.78 is 34.0. The Morgan fingerprint density at radius 2 is 2.00 bits per heavy atom. The van der Waals surface area contributed by atoms with E-state index in [0.717, 1.165) is 5.56 Å². The van der Waals surface area contributed by atoms with E-state index in [-0.39, 0.29) is 11.4 Å². The fraction of sp³-hybridized carbons (Fsp3) is 0.353. The Kier molecular flexibility index (Phi) is 5.99. The van der Waals surface area contributed by atoms with E-state index >= 15 is 0 Å². The molecule has 0 bridgehead atoms. The lowest BCUT2D eigenvalue weighted by Crippen LogP contribution is -2.26. The molecular weight excluding hydrogens is 368 g/mol. The smallest absolute Gasteiger partial charge is 0.240 e. The lowest BCUT2D eigenvalue weighted by molar-refractivity contribution is 0.210. The van der Waals surface area contributed by atoms with Gasteiger partial charge in [0, 0.05) is 26.6 Å². The molecular formula is C17H22N6O3S. The zero-order chi connectivity index (χ0) is 19.3. The molecule has 0 aliphatic rings. The highest BCUT2D eigenvalue weighted by Gasteiger charge is 2.14. The predicted molar refractivity (Wildman–Crippen MR) is 101 cm³/mol. The average Bonchev–Trinajstić information content (AvgIpc) is 3.04. The Morgan fingerprint density at radius 1 is 1.15 bits per heavy atom. The van der Waals surface area contributed by atoms with E-state index in [0.29, 0.717) is 36.9 Å². The molecule has 10 heteroatoms. The van der Waals surface area contributed by atoms with Gasteiger partial charge in [0.1, 0.15) is 5.82 Å². The fourth-order valence-electron chi connectivity index (χ4n) is 2.53. The summed E-state index contributed by atoms with van der Waals surface area (Å²) in [5.41, 5.74) is 1.49. The van der Waals surface area contributed by atoms with Gasteiger partial charge in [-0.3, -0.25) is 0 Å². The van der Waals surface area contributed by atoms with Crippen LogP contribution in [0.15, 0.2) is 41.3 Å². The van der Waals surface area contributed by atoms with Crippen LogP contribution in [-0.2, 0) is 21.2 Å². The number of methoxy groups -OCH3 is 1. The summed E-state index contributed by atoms with van der Waals surface area (Å²) >= 11 is 0. The molecule has 0 saturated heterocycles. The molecule has 0 aliphatic heterocycles. The number of rotatable bonds is 9. The van der Waals surface area contributed by atoms with Crippen LogP contribution in [0.4, 0.5) is 5.82 Å². The van der Waals surface area contributed by atoms with Crippen molar-refractivity contribution in [2.75, 3.05) is 32.1 Å². The molecule has 3 aromatic rings. The molecule has 0 fully saturated rings. The van der Waals surface area contributed by atoms with Crippen LogP contribution in [0, 0.1) is 6.92 Å². The quantitative estimate of drug-likeness (QED) is 0.525. The summed E-state index contributed by atoms with van der Waals surface area (Å²) in [6.07, 6.45) is 0.362. The van der Waals surface area contributed by atoms with Gasteiger partial charge in [0.15, 0.2) is 11.5 Å². The van der Waals surface area contributed by atoms with Gasteiger partial charge in [-0.25, -0.2) is 13.1 Å². The number of fused-ring (bicyclic) bond motifs is 1. The minimum atomic E-state index is -3.57. The van der Waals surface area contributed by atoms with Crippen molar-refractivity contribution in [3.8, 4) is 0 Å². The summed E-state index contributed by atoms with van der Waals surface area (Å²) in [5, 5.41) is 15.7. The molecule has 27 heavy (non-hydrogen) atoms. The number of nitrogens with one attached hydrogen (secondary N) is 2. The van der Waals surface area contributed by atoms with Crippen LogP contribution < -0.4 is 10.0 Å². The second-order valence-electron chi connectivity index (χ2n) is 5.99. The van der Waals surface area contributed by atoms with Gasteiger partial charge in [0.2, 0.25) is 10.0 Å². The molecule has 2 aromatic heterocycles. The van der Waals surface area contributed by atoms with Gasteiger partial charge in [0.05, 0.1) is 11.5 Å². The molecule has 0 saturated carbocycles. The van der Waals surface area contributed by atoms with E-state index in [9.17, 15) is 8.42 Å². The first-order chi connectivity index (χ1) is 13.0. The van der Waals surface area contributed by atoms with Crippen molar-refractivity contribution in [2.24, 2.45) is 0 Å². The molecule has 2 N–H and O–H groups in total. The number of hydrogen-bond donors (Lipinski definition) is 2. The Morgan fingerprint density at radius 3 is 2.78 bits per heavy atom. The first kappa shape index (κ1) is 19.2. The average molecular weight is 390 g/mol. The topological polar surface area (TPSA) is 111 Å². The maximum atomic E-state index is 12.4. The molecule has 0 atom stereocenters.